The first-order valence-corrected chi connectivity index (χ1v) is 52.1. The van der Waals surface area contributed by atoms with E-state index in [9.17, 15) is 108 Å². The molecule has 3 fully saturated rings. The van der Waals surface area contributed by atoms with Crippen LogP contribution >= 0.6 is 43.2 Å². The number of carbonyl (C=O) groups excluding carboxylic acids is 10. The number of Topliss-reactive ketones (excluding diaryl/α,β-unsaturated/α-hetero) is 3. The molecule has 0 radical (unpaired) electrons. The number of nitrogen functional groups attached to an aromatic ring is 1. The highest BCUT2D eigenvalue weighted by Crippen LogP contribution is 2.67. The summed E-state index contributed by atoms with van der Waals surface area (Å²) in [6.45, 7) is 11.1. The largest absolute Gasteiger partial charge is 0.496 e. The van der Waals surface area contributed by atoms with Gasteiger partial charge in [-0.3, -0.25) is 81.9 Å². The van der Waals surface area contributed by atoms with Crippen LogP contribution in [0.4, 0.5) is 22.1 Å². The van der Waals surface area contributed by atoms with E-state index in [2.05, 4.69) is 121 Å². The Labute approximate surface area is 836 Å². The maximum atomic E-state index is 15.4. The molecule has 2 saturated heterocycles. The number of hydrogen-bond acceptors (Lipinski definition) is 32. The summed E-state index contributed by atoms with van der Waals surface area (Å²) < 4.78 is 23.1. The average Bonchev–Trinajstić information content (AvgIpc) is 1.48. The Balaban J connectivity index is 0.000000275. The molecule has 39 nitrogen and oxygen atoms in total. The Hall–Kier alpha value is -12.1. The number of fused-ring (bicyclic) bond motifs is 6. The number of anilines is 3. The highest BCUT2D eigenvalue weighted by Gasteiger charge is 2.74. The number of benzene rings is 4. The molecule has 2 bridgehead atoms. The molecule has 142 heavy (non-hydrogen) atoms. The first-order valence-electron chi connectivity index (χ1n) is 47.1. The Morgan fingerprint density at radius 1 is 0.732 bits per heavy atom. The van der Waals surface area contributed by atoms with Crippen molar-refractivity contribution in [1.29, 1.82) is 0 Å². The van der Waals surface area contributed by atoms with Gasteiger partial charge in [0, 0.05) is 147 Å². The topological polar surface area (TPSA) is 579 Å². The number of H-pyrrole nitrogens is 1. The number of aliphatic hydroxyl groups is 2. The van der Waals surface area contributed by atoms with Crippen molar-refractivity contribution >= 4 is 166 Å². The van der Waals surface area contributed by atoms with Gasteiger partial charge in [-0.25, -0.2) is 14.6 Å². The Morgan fingerprint density at radius 2 is 1.42 bits per heavy atom. The molecule has 5 aromatic rings. The van der Waals surface area contributed by atoms with E-state index in [-0.39, 0.29) is 105 Å². The summed E-state index contributed by atoms with van der Waals surface area (Å²) in [7, 11) is 10.8. The third kappa shape index (κ3) is 25.9. The number of piperidine rings is 1. The first kappa shape index (κ1) is 110. The van der Waals surface area contributed by atoms with Crippen molar-refractivity contribution in [2.75, 3.05) is 125 Å². The van der Waals surface area contributed by atoms with E-state index in [0.29, 0.717) is 66.7 Å². The van der Waals surface area contributed by atoms with Crippen LogP contribution in [0.1, 0.15) is 162 Å². The fourth-order valence-corrected chi connectivity index (χ4v) is 24.6. The number of ether oxygens (including phenoxy) is 4. The molecule has 1 spiro atoms. The molecule has 15 N–H and O–H groups in total. The van der Waals surface area contributed by atoms with Gasteiger partial charge in [0.25, 0.3) is 11.5 Å². The van der Waals surface area contributed by atoms with Crippen LogP contribution in [0, 0.1) is 41.4 Å². The molecule has 4 unspecified atom stereocenters. The summed E-state index contributed by atoms with van der Waals surface area (Å²) in [4.78, 5) is 219. The summed E-state index contributed by atoms with van der Waals surface area (Å²) in [5.41, 5.74) is 10.8. The Bertz CT molecular complexity index is 5740. The number of aromatic amines is 1. The number of rotatable bonds is 49. The van der Waals surface area contributed by atoms with E-state index < -0.39 is 191 Å². The number of esters is 2. The fraction of sp³-hybridized carbons (Fsp3) is 0.525. The Morgan fingerprint density at radius 3 is 2.07 bits per heavy atom. The van der Waals surface area contributed by atoms with Crippen LogP contribution in [0.25, 0.3) is 16.5 Å². The predicted octanol–water partition coefficient (Wildman–Crippen LogP) is 6.74. The average molecular weight is 2040 g/mol. The molecule has 2 aliphatic carbocycles. The molecule has 5 aliphatic heterocycles. The van der Waals surface area contributed by atoms with Crippen LogP contribution in [0.2, 0.25) is 0 Å². The molecule has 766 valence electrons. The number of hydrogen-bond donors (Lipinski definition) is 14. The molecule has 1 saturated carbocycles. The van der Waals surface area contributed by atoms with Gasteiger partial charge in [-0.15, -0.1) is 6.42 Å². The second-order valence-corrected chi connectivity index (χ2v) is 42.1. The SMILES string of the molecule is C#CCN(Cc1ccc2nc(N)[nH]c(=O)c2c1)c1ccc(C(=O)N[C@@H](CCC(=O)OCCSSCCC(=O)N[C@@H](CC(=O)O)C(=O)C[C@@H](CC(=O)O)C(=O)N[C@@H](CC(=O)O)C(=O)C[C@@H](CNC(=O)CC)C(=O)O)C(=O)O)cc1.CCSSCCOC(=O)NCC(=O)[C@@H]1C2N(C)c3cc(OC)c([C@@]4(C(=O)OC)C[C@@H]5CN(CCC6=C4Cc4ccccc46)CC(O)(CC)C5)cc3C23CCN2CC=C[C@](CC)([C@H]23)[C@H]1O. The number of aliphatic carboxylic acids is 5. The number of methoxy groups -OCH3 is 2. The molecule has 7 aliphatic rings. The molecule has 1 aromatic heterocycles. The van der Waals surface area contributed by atoms with Gasteiger partial charge in [-0.05, 0) is 140 Å². The van der Waals surface area contributed by atoms with Gasteiger partial charge in [0.05, 0.1) is 105 Å². The van der Waals surface area contributed by atoms with Crippen LogP contribution in [-0.2, 0) is 100 Å². The molecule has 12 rings (SSSR count). The van der Waals surface area contributed by atoms with Crippen molar-refractivity contribution in [1.82, 2.24) is 46.4 Å². The number of ketones is 3. The van der Waals surface area contributed by atoms with Crippen molar-refractivity contribution in [3.8, 4) is 18.1 Å². The molecule has 5 amide bonds. The van der Waals surface area contributed by atoms with Gasteiger partial charge in [-0.1, -0.05) is 119 Å². The van der Waals surface area contributed by atoms with Crippen molar-refractivity contribution in [3.05, 3.63) is 140 Å². The molecule has 4 aromatic carbocycles. The van der Waals surface area contributed by atoms with E-state index in [1.807, 2.05) is 17.3 Å². The van der Waals surface area contributed by atoms with Gasteiger partial charge >= 0.3 is 47.9 Å². The third-order valence-electron chi connectivity index (χ3n) is 27.7. The highest BCUT2D eigenvalue weighted by molar-refractivity contribution is 8.77. The maximum Gasteiger partial charge on any atom is 0.407 e. The number of nitrogens with one attached hydrogen (secondary N) is 6. The normalized spacial score (nSPS) is 22.6. The van der Waals surface area contributed by atoms with E-state index in [1.165, 1.54) is 31.7 Å². The van der Waals surface area contributed by atoms with Crippen LogP contribution in [0.5, 0.6) is 5.75 Å². The molecule has 15 atom stereocenters. The lowest BCUT2D eigenvalue weighted by Gasteiger charge is -2.61. The lowest BCUT2D eigenvalue weighted by Crippen LogP contribution is -2.73. The minimum Gasteiger partial charge on any atom is -0.496 e. The number of nitrogens with zero attached hydrogens (tertiary/aromatic N) is 5. The van der Waals surface area contributed by atoms with Crippen LogP contribution < -0.4 is 52.4 Å². The second kappa shape index (κ2) is 49.8. The summed E-state index contributed by atoms with van der Waals surface area (Å²) in [6, 6.07) is 18.3. The zero-order valence-electron chi connectivity index (χ0n) is 80.2. The lowest BCUT2D eigenvalue weighted by atomic mass is 9.48. The number of likely N-dealkylation sites (N-methyl/N-ethyl adjacent to an activating group) is 1. The maximum absolute atomic E-state index is 15.4. The summed E-state index contributed by atoms with van der Waals surface area (Å²) in [5, 5.41) is 84.5. The molecule has 43 heteroatoms. The predicted molar refractivity (Wildman–Crippen MR) is 532 cm³/mol. The van der Waals surface area contributed by atoms with Gasteiger partial charge in [0.1, 0.15) is 30.4 Å². The fourth-order valence-electron chi connectivity index (χ4n) is 21.3. The number of alkyl carbamates (subject to hydrolysis) is 1. The monoisotopic (exact) mass is 2040 g/mol. The number of aromatic nitrogens is 2. The molecular weight excluding hydrogens is 1920 g/mol. The summed E-state index contributed by atoms with van der Waals surface area (Å²) >= 11 is 0. The number of carboxylic acid groups (broad SMARTS) is 5. The minimum atomic E-state index is -1.90. The van der Waals surface area contributed by atoms with Crippen molar-refractivity contribution in [2.24, 2.45) is 29.1 Å². The third-order valence-corrected chi connectivity index (χ3v) is 32.5. The highest BCUT2D eigenvalue weighted by atomic mass is 33.1. The number of carbonyl (C=O) groups is 15. The molecular formula is C99H124N12O27S4. The molecule has 6 heterocycles. The van der Waals surface area contributed by atoms with Crippen molar-refractivity contribution < 1.29 is 127 Å². The number of carboxylic acids is 5. The smallest absolute Gasteiger partial charge is 0.407 e. The van der Waals surface area contributed by atoms with Crippen molar-refractivity contribution in [2.45, 2.75) is 190 Å². The number of nitrogens with two attached hydrogens (primary N) is 1. The standard InChI is InChI=1S/C50H66N4O8S2.C49H58N8O19S2/c1-7-47(59)26-31-27-50(45(57)61-6,35-23-32-13-10-11-14-33(32)34(35)15-19-53(29-31)30-47)37-24-36-38(25-40(37)60-5)52(4)42-41(39(55)28-51-46(58)62-21-22-64-63-9-3)43(56)48(8-2)16-12-18-54-20-17-49(36,42)44(48)54;1-3-14-57(25-26-5-10-32-31(18-26)46(71)56-49(50)55-32)30-8-6-27(7-9-30)44(69)53-33(48(74)75)11-12-43(68)76-15-17-78-77-16-13-39(61)52-34(22-41(64)65)36(58)19-28(21-40(62)63)45(70)54-35(23-42(66)67)37(59)20-29(47(72)73)24-51-38(60)4-2/h10-14,16,24-25,31,41-44,56,59H,7-9,15,17-23,26-30H2,1-6H3,(H,51,58);1,5-10,18,28-29,33-35H,4,11-17,19-25H2,2H3,(H,51,60)(H,52,61)(H,53,69)(H,54,70)(H,62,63)(H,64,65)(H,66,67)(H,72,73)(H,74,75)(H3,50,55,56,71)/t31-,41-,42?,43+,44+,47?,48+,49?,50-;28-,29-,33-,34-,35-/m10/s1. The van der Waals surface area contributed by atoms with Crippen LogP contribution in [0.3, 0.4) is 0 Å². The first-order chi connectivity index (χ1) is 67.8. The van der Waals surface area contributed by atoms with Gasteiger partial charge in [0.15, 0.2) is 17.3 Å². The number of terminal acetylenes is 1. The van der Waals surface area contributed by atoms with Crippen molar-refractivity contribution in [3.63, 3.8) is 0 Å². The Kier molecular flexibility index (Phi) is 38.7. The lowest BCUT2D eigenvalue weighted by molar-refractivity contribution is -0.148. The summed E-state index contributed by atoms with van der Waals surface area (Å²) in [5.74, 6) is -13.9. The van der Waals surface area contributed by atoms with E-state index >= 15 is 4.79 Å². The zero-order chi connectivity index (χ0) is 103. The second-order valence-electron chi connectivity index (χ2n) is 36.5. The van der Waals surface area contributed by atoms with E-state index in [0.717, 1.165) is 105 Å². The number of amides is 5. The van der Waals surface area contributed by atoms with Gasteiger partial charge in [0.2, 0.25) is 23.7 Å². The van der Waals surface area contributed by atoms with Crippen LogP contribution in [-0.4, -0.2) is 296 Å². The summed E-state index contributed by atoms with van der Waals surface area (Å²) in [6.07, 6.45) is 6.59. The quantitative estimate of drug-likeness (QED) is 0.00479. The minimum absolute atomic E-state index is 0.00718. The van der Waals surface area contributed by atoms with Gasteiger partial charge < -0.3 is 96.8 Å². The zero-order valence-corrected chi connectivity index (χ0v) is 83.4. The van der Waals surface area contributed by atoms with E-state index in [1.54, 1.807) is 59.0 Å². The van der Waals surface area contributed by atoms with Crippen LogP contribution in [0.15, 0.2) is 101 Å². The van der Waals surface area contributed by atoms with E-state index in [4.69, 9.17) is 31.1 Å². The number of aliphatic hydroxyl groups excluding tert-OH is 1. The van der Waals surface area contributed by atoms with Gasteiger partial charge in [-0.2, -0.15) is 0 Å².